The molecule has 1 heterocycles. The largest absolute Gasteiger partial charge is 0.308 e. The first-order valence-electron chi connectivity index (χ1n) is 8.21. The summed E-state index contributed by atoms with van der Waals surface area (Å²) in [4.78, 5) is 2.82. The third-order valence-electron chi connectivity index (χ3n) is 5.22. The minimum absolute atomic E-state index is 0.464. The lowest BCUT2D eigenvalue weighted by atomic mass is 9.78. The van der Waals surface area contributed by atoms with E-state index in [9.17, 15) is 0 Å². The number of piperazine rings is 1. The van der Waals surface area contributed by atoms with Crippen molar-refractivity contribution in [2.24, 2.45) is 0 Å². The molecule has 1 N–H and O–H groups in total. The van der Waals surface area contributed by atoms with E-state index in [1.165, 1.54) is 64.5 Å². The molecule has 1 aliphatic carbocycles. The van der Waals surface area contributed by atoms with Gasteiger partial charge in [0.05, 0.1) is 0 Å². The molecule has 2 nitrogen and oxygen atoms in total. The molecule has 2 fully saturated rings. The Morgan fingerprint density at radius 2 is 1.94 bits per heavy atom. The summed E-state index contributed by atoms with van der Waals surface area (Å²) in [5.41, 5.74) is 0.464. The molecule has 2 rings (SSSR count). The summed E-state index contributed by atoms with van der Waals surface area (Å²) in [7, 11) is 0. The minimum Gasteiger partial charge on any atom is -0.308 e. The standard InChI is InChI=1S/C16H32N2/c1-4-9-14(3)18-13-16(10-7-6-8-11-16)17-12-15(18)5-2/h14-15,17H,4-13H2,1-3H3. The van der Waals surface area contributed by atoms with Crippen molar-refractivity contribution in [3.63, 3.8) is 0 Å². The van der Waals surface area contributed by atoms with Gasteiger partial charge in [0.15, 0.2) is 0 Å². The van der Waals surface area contributed by atoms with E-state index in [1.54, 1.807) is 0 Å². The molecule has 1 saturated carbocycles. The summed E-state index contributed by atoms with van der Waals surface area (Å²) >= 11 is 0. The van der Waals surface area contributed by atoms with Crippen LogP contribution < -0.4 is 5.32 Å². The number of rotatable bonds is 4. The van der Waals surface area contributed by atoms with Crippen molar-refractivity contribution in [2.75, 3.05) is 13.1 Å². The lowest BCUT2D eigenvalue weighted by Gasteiger charge is -2.51. The Bertz CT molecular complexity index is 245. The van der Waals surface area contributed by atoms with Gasteiger partial charge in [-0.2, -0.15) is 0 Å². The molecule has 106 valence electrons. The summed E-state index contributed by atoms with van der Waals surface area (Å²) < 4.78 is 0. The minimum atomic E-state index is 0.464. The van der Waals surface area contributed by atoms with Crippen molar-refractivity contribution in [3.8, 4) is 0 Å². The second kappa shape index (κ2) is 6.38. The molecule has 0 aromatic rings. The van der Waals surface area contributed by atoms with Crippen LogP contribution in [0.2, 0.25) is 0 Å². The molecule has 18 heavy (non-hydrogen) atoms. The molecule has 2 atom stereocenters. The van der Waals surface area contributed by atoms with Crippen molar-refractivity contribution in [3.05, 3.63) is 0 Å². The average Bonchev–Trinajstić information content (AvgIpc) is 2.40. The molecule has 0 amide bonds. The van der Waals surface area contributed by atoms with E-state index >= 15 is 0 Å². The Labute approximate surface area is 114 Å². The van der Waals surface area contributed by atoms with E-state index in [0.29, 0.717) is 5.54 Å². The SMILES string of the molecule is CCCC(C)N1CC2(CCCCC2)NCC1CC. The highest BCUT2D eigenvalue weighted by Gasteiger charge is 2.40. The highest BCUT2D eigenvalue weighted by atomic mass is 15.3. The second-order valence-electron chi connectivity index (χ2n) is 6.59. The van der Waals surface area contributed by atoms with E-state index < -0.39 is 0 Å². The zero-order chi connectivity index (χ0) is 13.0. The van der Waals surface area contributed by atoms with Crippen LogP contribution in [0.25, 0.3) is 0 Å². The maximum absolute atomic E-state index is 3.92. The number of nitrogens with zero attached hydrogens (tertiary/aromatic N) is 1. The molecule has 2 heteroatoms. The zero-order valence-electron chi connectivity index (χ0n) is 12.7. The quantitative estimate of drug-likeness (QED) is 0.823. The molecule has 0 radical (unpaired) electrons. The van der Waals surface area contributed by atoms with Crippen molar-refractivity contribution >= 4 is 0 Å². The maximum atomic E-state index is 3.92. The van der Waals surface area contributed by atoms with E-state index in [1.807, 2.05) is 0 Å². The third kappa shape index (κ3) is 3.08. The molecular formula is C16H32N2. The van der Waals surface area contributed by atoms with Gasteiger partial charge in [0.1, 0.15) is 0 Å². The smallest absolute Gasteiger partial charge is 0.0309 e. The van der Waals surface area contributed by atoms with Crippen molar-refractivity contribution in [1.82, 2.24) is 10.2 Å². The Balaban J connectivity index is 2.03. The molecule has 1 spiro atoms. The Morgan fingerprint density at radius 1 is 1.22 bits per heavy atom. The van der Waals surface area contributed by atoms with Gasteiger partial charge in [-0.1, -0.05) is 39.5 Å². The lowest BCUT2D eigenvalue weighted by Crippen LogP contribution is -2.66. The highest BCUT2D eigenvalue weighted by Crippen LogP contribution is 2.33. The fourth-order valence-electron chi connectivity index (χ4n) is 4.03. The summed E-state index contributed by atoms with van der Waals surface area (Å²) in [5.74, 6) is 0. The number of hydrogen-bond acceptors (Lipinski definition) is 2. The van der Waals surface area contributed by atoms with E-state index in [0.717, 1.165) is 12.1 Å². The molecule has 1 saturated heterocycles. The fourth-order valence-corrected chi connectivity index (χ4v) is 4.03. The zero-order valence-corrected chi connectivity index (χ0v) is 12.7. The monoisotopic (exact) mass is 252 g/mol. The van der Waals surface area contributed by atoms with Gasteiger partial charge in [-0.25, -0.2) is 0 Å². The normalized spacial score (nSPS) is 30.5. The van der Waals surface area contributed by atoms with E-state index in [2.05, 4.69) is 31.0 Å². The predicted octanol–water partition coefficient (Wildman–Crippen LogP) is 3.56. The third-order valence-corrected chi connectivity index (χ3v) is 5.22. The topological polar surface area (TPSA) is 15.3 Å². The number of nitrogens with one attached hydrogen (secondary N) is 1. The van der Waals surface area contributed by atoms with Gasteiger partial charge in [-0.05, 0) is 32.6 Å². The molecule has 2 aliphatic rings. The maximum Gasteiger partial charge on any atom is 0.0309 e. The van der Waals surface area contributed by atoms with Gasteiger partial charge < -0.3 is 5.32 Å². The Hall–Kier alpha value is -0.0800. The molecule has 0 aromatic carbocycles. The van der Waals surface area contributed by atoms with Crippen molar-refractivity contribution in [2.45, 2.75) is 89.8 Å². The molecule has 0 bridgehead atoms. The molecule has 1 aliphatic heterocycles. The summed E-state index contributed by atoms with van der Waals surface area (Å²) in [6, 6.07) is 1.53. The van der Waals surface area contributed by atoms with Crippen LogP contribution in [-0.2, 0) is 0 Å². The average molecular weight is 252 g/mol. The van der Waals surface area contributed by atoms with Crippen LogP contribution in [0.1, 0.15) is 72.1 Å². The first kappa shape index (κ1) is 14.3. The van der Waals surface area contributed by atoms with Gasteiger partial charge in [-0.15, -0.1) is 0 Å². The van der Waals surface area contributed by atoms with Gasteiger partial charge >= 0.3 is 0 Å². The predicted molar refractivity (Wildman–Crippen MR) is 79.0 cm³/mol. The Morgan fingerprint density at radius 3 is 2.56 bits per heavy atom. The molecule has 0 aromatic heterocycles. The number of hydrogen-bond donors (Lipinski definition) is 1. The molecule has 2 unspecified atom stereocenters. The second-order valence-corrected chi connectivity index (χ2v) is 6.59. The summed E-state index contributed by atoms with van der Waals surface area (Å²) in [5, 5.41) is 3.92. The van der Waals surface area contributed by atoms with Gasteiger partial charge in [0.25, 0.3) is 0 Å². The first-order valence-corrected chi connectivity index (χ1v) is 8.21. The van der Waals surface area contributed by atoms with E-state index in [-0.39, 0.29) is 0 Å². The van der Waals surface area contributed by atoms with Crippen LogP contribution in [0, 0.1) is 0 Å². The van der Waals surface area contributed by atoms with Crippen molar-refractivity contribution in [1.29, 1.82) is 0 Å². The molecular weight excluding hydrogens is 220 g/mol. The van der Waals surface area contributed by atoms with Crippen LogP contribution in [-0.4, -0.2) is 35.6 Å². The van der Waals surface area contributed by atoms with Crippen LogP contribution in [0.5, 0.6) is 0 Å². The van der Waals surface area contributed by atoms with Crippen LogP contribution in [0.4, 0.5) is 0 Å². The van der Waals surface area contributed by atoms with Gasteiger partial charge in [0, 0.05) is 30.7 Å². The van der Waals surface area contributed by atoms with Crippen LogP contribution >= 0.6 is 0 Å². The van der Waals surface area contributed by atoms with Crippen LogP contribution in [0.15, 0.2) is 0 Å². The Kier molecular flexibility index (Phi) is 5.08. The lowest BCUT2D eigenvalue weighted by molar-refractivity contribution is 0.0249. The van der Waals surface area contributed by atoms with Crippen LogP contribution in [0.3, 0.4) is 0 Å². The summed E-state index contributed by atoms with van der Waals surface area (Å²) in [6.45, 7) is 9.61. The van der Waals surface area contributed by atoms with Crippen molar-refractivity contribution < 1.29 is 0 Å². The van der Waals surface area contributed by atoms with Gasteiger partial charge in [-0.3, -0.25) is 4.90 Å². The highest BCUT2D eigenvalue weighted by molar-refractivity contribution is 5.00. The van der Waals surface area contributed by atoms with Gasteiger partial charge in [0.2, 0.25) is 0 Å². The summed E-state index contributed by atoms with van der Waals surface area (Å²) in [6.07, 6.45) is 11.1. The van der Waals surface area contributed by atoms with E-state index in [4.69, 9.17) is 0 Å². The first-order chi connectivity index (χ1) is 8.71. The fraction of sp³-hybridized carbons (Fsp3) is 1.00.